The topological polar surface area (TPSA) is 90.9 Å². The van der Waals surface area contributed by atoms with Crippen LogP contribution >= 0.6 is 23.2 Å². The van der Waals surface area contributed by atoms with Gasteiger partial charge in [0.2, 0.25) is 0 Å². The number of ether oxygens (including phenoxy) is 3. The molecule has 1 N–H and O–H groups in total. The summed E-state index contributed by atoms with van der Waals surface area (Å²) in [6.45, 7) is 1.58. The standard InChI is InChI=1S/C15H17Cl2NO6/c1-9(14(20)18-15(21)22-2)24-13(19)4-3-7-23-12-6-5-10(16)8-11(12)17/h5-6,8-9H,3-4,7H2,1-2H3,(H,18,20,21)/t9-/m1/s1. The number of carbonyl (C=O) groups excluding carboxylic acids is 3. The molecule has 2 amide bonds. The normalized spacial score (nSPS) is 11.3. The fourth-order valence-corrected chi connectivity index (χ4v) is 2.02. The molecule has 0 aliphatic heterocycles. The molecule has 0 saturated carbocycles. The quantitative estimate of drug-likeness (QED) is 0.580. The predicted molar refractivity (Wildman–Crippen MR) is 87.3 cm³/mol. The SMILES string of the molecule is COC(=O)NC(=O)[C@@H](C)OC(=O)CCCOc1ccc(Cl)cc1Cl. The fourth-order valence-electron chi connectivity index (χ4n) is 1.55. The molecular formula is C15H17Cl2NO6. The molecule has 1 atom stereocenters. The van der Waals surface area contributed by atoms with Gasteiger partial charge in [-0.05, 0) is 31.5 Å². The Labute approximate surface area is 149 Å². The van der Waals surface area contributed by atoms with Crippen molar-refractivity contribution in [2.45, 2.75) is 25.9 Å². The number of halogens is 2. The van der Waals surface area contributed by atoms with Crippen LogP contribution in [0.4, 0.5) is 4.79 Å². The molecule has 9 heteroatoms. The first-order chi connectivity index (χ1) is 11.3. The number of nitrogens with one attached hydrogen (secondary N) is 1. The number of rotatable bonds is 7. The van der Waals surface area contributed by atoms with Crippen LogP contribution in [0.15, 0.2) is 18.2 Å². The number of hydrogen-bond acceptors (Lipinski definition) is 6. The summed E-state index contributed by atoms with van der Waals surface area (Å²) < 4.78 is 14.6. The van der Waals surface area contributed by atoms with Crippen LogP contribution in [-0.2, 0) is 19.1 Å². The summed E-state index contributed by atoms with van der Waals surface area (Å²) in [6.07, 6.45) is -1.62. The van der Waals surface area contributed by atoms with E-state index in [1.807, 2.05) is 5.32 Å². The first-order valence-corrected chi connectivity index (χ1v) is 7.75. The Morgan fingerprint density at radius 2 is 1.96 bits per heavy atom. The van der Waals surface area contributed by atoms with Crippen molar-refractivity contribution in [1.82, 2.24) is 5.32 Å². The third-order valence-electron chi connectivity index (χ3n) is 2.76. The third-order valence-corrected chi connectivity index (χ3v) is 3.30. The molecule has 0 heterocycles. The number of carbonyl (C=O) groups is 3. The molecule has 1 rings (SSSR count). The lowest BCUT2D eigenvalue weighted by Gasteiger charge is -2.12. The zero-order valence-electron chi connectivity index (χ0n) is 13.1. The highest BCUT2D eigenvalue weighted by Crippen LogP contribution is 2.27. The Balaban J connectivity index is 2.28. The lowest BCUT2D eigenvalue weighted by Crippen LogP contribution is -2.39. The molecule has 7 nitrogen and oxygen atoms in total. The Bertz CT molecular complexity index is 608. The van der Waals surface area contributed by atoms with Gasteiger partial charge in [-0.25, -0.2) is 4.79 Å². The molecule has 0 aliphatic carbocycles. The summed E-state index contributed by atoms with van der Waals surface area (Å²) in [6, 6.07) is 4.81. The smallest absolute Gasteiger partial charge is 0.413 e. The molecule has 0 aromatic heterocycles. The summed E-state index contributed by atoms with van der Waals surface area (Å²) in [5, 5.41) is 2.78. The molecule has 1 aromatic carbocycles. The minimum absolute atomic E-state index is 0.0427. The monoisotopic (exact) mass is 377 g/mol. The Morgan fingerprint density at radius 1 is 1.25 bits per heavy atom. The molecule has 0 spiro atoms. The Morgan fingerprint density at radius 3 is 2.58 bits per heavy atom. The van der Waals surface area contributed by atoms with Crippen LogP contribution in [0.5, 0.6) is 5.75 Å². The van der Waals surface area contributed by atoms with Gasteiger partial charge in [0.05, 0.1) is 18.7 Å². The summed E-state index contributed by atoms with van der Waals surface area (Å²) in [5.74, 6) is -0.895. The number of amides is 2. The molecular weight excluding hydrogens is 361 g/mol. The first kappa shape index (κ1) is 20.1. The van der Waals surface area contributed by atoms with Crippen molar-refractivity contribution in [3.63, 3.8) is 0 Å². The summed E-state index contributed by atoms with van der Waals surface area (Å²) in [4.78, 5) is 34.0. The van der Waals surface area contributed by atoms with Gasteiger partial charge >= 0.3 is 12.1 Å². The maximum Gasteiger partial charge on any atom is 0.413 e. The number of hydrogen-bond donors (Lipinski definition) is 1. The van der Waals surface area contributed by atoms with E-state index in [1.54, 1.807) is 18.2 Å². The maximum absolute atomic E-state index is 11.6. The molecule has 24 heavy (non-hydrogen) atoms. The van der Waals surface area contributed by atoms with Gasteiger partial charge in [-0.3, -0.25) is 14.9 Å². The van der Waals surface area contributed by atoms with E-state index in [1.165, 1.54) is 6.92 Å². The van der Waals surface area contributed by atoms with Gasteiger partial charge in [0, 0.05) is 11.4 Å². The first-order valence-electron chi connectivity index (χ1n) is 6.99. The Hall–Kier alpha value is -1.99. The van der Waals surface area contributed by atoms with Crippen LogP contribution in [0, 0.1) is 0 Å². The second-order valence-electron chi connectivity index (χ2n) is 4.64. The minimum Gasteiger partial charge on any atom is -0.492 e. The van der Waals surface area contributed by atoms with E-state index in [0.29, 0.717) is 22.2 Å². The molecule has 0 saturated heterocycles. The van der Waals surface area contributed by atoms with Gasteiger partial charge < -0.3 is 14.2 Å². The van der Waals surface area contributed by atoms with E-state index in [-0.39, 0.29) is 13.0 Å². The zero-order chi connectivity index (χ0) is 18.1. The zero-order valence-corrected chi connectivity index (χ0v) is 14.6. The van der Waals surface area contributed by atoms with Gasteiger partial charge in [0.25, 0.3) is 5.91 Å². The average Bonchev–Trinajstić information content (AvgIpc) is 2.52. The van der Waals surface area contributed by atoms with Gasteiger partial charge in [0.1, 0.15) is 5.75 Å². The fraction of sp³-hybridized carbons (Fsp3) is 0.400. The van der Waals surface area contributed by atoms with Crippen molar-refractivity contribution in [1.29, 1.82) is 0 Å². The molecule has 0 radical (unpaired) electrons. The predicted octanol–water partition coefficient (Wildman–Crippen LogP) is 2.97. The molecule has 0 fully saturated rings. The van der Waals surface area contributed by atoms with Crippen LogP contribution < -0.4 is 10.1 Å². The van der Waals surface area contributed by atoms with Gasteiger partial charge in [0.15, 0.2) is 6.10 Å². The van der Waals surface area contributed by atoms with Gasteiger partial charge in [-0.15, -0.1) is 0 Å². The molecule has 0 bridgehead atoms. The van der Waals surface area contributed by atoms with Crippen LogP contribution in [0.3, 0.4) is 0 Å². The van der Waals surface area contributed by atoms with Crippen molar-refractivity contribution >= 4 is 41.2 Å². The van der Waals surface area contributed by atoms with E-state index in [0.717, 1.165) is 7.11 Å². The largest absolute Gasteiger partial charge is 0.492 e. The van der Waals surface area contributed by atoms with Crippen LogP contribution in [-0.4, -0.2) is 37.8 Å². The molecule has 0 unspecified atom stereocenters. The number of methoxy groups -OCH3 is 1. The molecule has 1 aromatic rings. The lowest BCUT2D eigenvalue weighted by atomic mass is 10.3. The van der Waals surface area contributed by atoms with Crippen molar-refractivity contribution in [2.24, 2.45) is 0 Å². The number of esters is 1. The minimum atomic E-state index is -1.11. The van der Waals surface area contributed by atoms with Gasteiger partial charge in [-0.2, -0.15) is 0 Å². The van der Waals surface area contributed by atoms with Gasteiger partial charge in [-0.1, -0.05) is 23.2 Å². The number of alkyl carbamates (subject to hydrolysis) is 1. The van der Waals surface area contributed by atoms with Crippen LogP contribution in [0.1, 0.15) is 19.8 Å². The second-order valence-corrected chi connectivity index (χ2v) is 5.48. The number of imide groups is 1. The Kier molecular flexibility index (Phi) is 8.35. The summed E-state index contributed by atoms with van der Waals surface area (Å²) in [5.41, 5.74) is 0. The number of benzene rings is 1. The van der Waals surface area contributed by atoms with Crippen LogP contribution in [0.25, 0.3) is 0 Å². The lowest BCUT2D eigenvalue weighted by molar-refractivity contribution is -0.154. The van der Waals surface area contributed by atoms with Crippen LogP contribution in [0.2, 0.25) is 10.0 Å². The average molecular weight is 378 g/mol. The molecule has 0 aliphatic rings. The third kappa shape index (κ3) is 7.06. The van der Waals surface area contributed by atoms with Crippen molar-refractivity contribution in [2.75, 3.05) is 13.7 Å². The highest BCUT2D eigenvalue weighted by molar-refractivity contribution is 6.35. The second kappa shape index (κ2) is 10.00. The van der Waals surface area contributed by atoms with E-state index in [4.69, 9.17) is 32.7 Å². The van der Waals surface area contributed by atoms with Crippen molar-refractivity contribution < 1.29 is 28.6 Å². The van der Waals surface area contributed by atoms with E-state index in [2.05, 4.69) is 4.74 Å². The van der Waals surface area contributed by atoms with E-state index < -0.39 is 24.1 Å². The highest BCUT2D eigenvalue weighted by atomic mass is 35.5. The summed E-state index contributed by atoms with van der Waals surface area (Å²) in [7, 11) is 1.12. The summed E-state index contributed by atoms with van der Waals surface area (Å²) >= 11 is 11.7. The highest BCUT2D eigenvalue weighted by Gasteiger charge is 2.19. The van der Waals surface area contributed by atoms with E-state index in [9.17, 15) is 14.4 Å². The maximum atomic E-state index is 11.6. The van der Waals surface area contributed by atoms with Crippen molar-refractivity contribution in [3.8, 4) is 5.75 Å². The van der Waals surface area contributed by atoms with Crippen molar-refractivity contribution in [3.05, 3.63) is 28.2 Å². The van der Waals surface area contributed by atoms with E-state index >= 15 is 0 Å². The molecule has 132 valence electrons.